The molecule has 9 nitrogen and oxygen atoms in total. The Morgan fingerprint density at radius 2 is 1.78 bits per heavy atom. The zero-order valence-corrected chi connectivity index (χ0v) is 21.4. The minimum Gasteiger partial charge on any atom is -0.495 e. The summed E-state index contributed by atoms with van der Waals surface area (Å²) >= 11 is 1.57. The van der Waals surface area contributed by atoms with Crippen molar-refractivity contribution in [2.45, 2.75) is 12.5 Å². The lowest BCUT2D eigenvalue weighted by Gasteiger charge is -2.25. The molecule has 4 rings (SSSR count). The molecule has 36 heavy (non-hydrogen) atoms. The van der Waals surface area contributed by atoms with Crippen LogP contribution in [0.1, 0.15) is 22.9 Å². The van der Waals surface area contributed by atoms with Gasteiger partial charge in [-0.15, -0.1) is 11.3 Å². The van der Waals surface area contributed by atoms with Crippen LogP contribution in [0.3, 0.4) is 0 Å². The molecule has 1 aromatic heterocycles. The fraction of sp³-hybridized carbons (Fsp3) is 0.269. The summed E-state index contributed by atoms with van der Waals surface area (Å²) in [6, 6.07) is 15.8. The Hall–Kier alpha value is -4.05. The maximum absolute atomic E-state index is 13.4. The van der Waals surface area contributed by atoms with Crippen molar-refractivity contribution in [1.82, 2.24) is 9.91 Å². The number of benzene rings is 2. The van der Waals surface area contributed by atoms with Crippen molar-refractivity contribution >= 4 is 34.7 Å². The smallest absolute Gasteiger partial charge is 0.322 e. The van der Waals surface area contributed by atoms with Gasteiger partial charge in [0.1, 0.15) is 12.3 Å². The quantitative estimate of drug-likeness (QED) is 0.480. The highest BCUT2D eigenvalue weighted by Gasteiger charge is 2.34. The van der Waals surface area contributed by atoms with Crippen LogP contribution in [0.15, 0.2) is 65.1 Å². The molecule has 1 N–H and O–H groups in total. The van der Waals surface area contributed by atoms with E-state index in [9.17, 15) is 9.59 Å². The molecule has 0 spiro atoms. The number of nitrogens with one attached hydrogen (secondary N) is 1. The van der Waals surface area contributed by atoms with Gasteiger partial charge in [0.25, 0.3) is 5.91 Å². The standard InChI is InChI=1S/C26H28N4O5S/c1-29(26(32)27-18-8-5-6-9-21(18)33-2)16-25(31)30-20(15-19(28-30)24-10-7-13-36-24)17-11-12-22(34-3)23(14-17)35-4/h5-14,20H,15-16H2,1-4H3,(H,27,32)/t20-/m1/s1. The van der Waals surface area contributed by atoms with Crippen LogP contribution in [-0.2, 0) is 4.79 Å². The number of hydrazone groups is 1. The van der Waals surface area contributed by atoms with Gasteiger partial charge in [-0.25, -0.2) is 9.80 Å². The van der Waals surface area contributed by atoms with Crippen molar-refractivity contribution in [3.05, 3.63) is 70.4 Å². The third kappa shape index (κ3) is 5.28. The number of hydrogen-bond donors (Lipinski definition) is 1. The molecule has 3 amide bonds. The van der Waals surface area contributed by atoms with E-state index in [4.69, 9.17) is 14.2 Å². The van der Waals surface area contributed by atoms with E-state index in [2.05, 4.69) is 10.4 Å². The van der Waals surface area contributed by atoms with E-state index in [1.54, 1.807) is 50.8 Å². The number of para-hydroxylation sites is 2. The molecule has 0 radical (unpaired) electrons. The van der Waals surface area contributed by atoms with E-state index >= 15 is 0 Å². The van der Waals surface area contributed by atoms with E-state index in [1.807, 2.05) is 41.8 Å². The van der Waals surface area contributed by atoms with Crippen LogP contribution in [0.5, 0.6) is 17.2 Å². The third-order valence-electron chi connectivity index (χ3n) is 5.83. The van der Waals surface area contributed by atoms with Crippen LogP contribution in [0.25, 0.3) is 0 Å². The van der Waals surface area contributed by atoms with E-state index in [1.165, 1.54) is 17.0 Å². The molecule has 0 saturated carbocycles. The fourth-order valence-electron chi connectivity index (χ4n) is 3.96. The second kappa shape index (κ2) is 11.1. The Morgan fingerprint density at radius 1 is 1.03 bits per heavy atom. The number of anilines is 1. The molecule has 188 valence electrons. The van der Waals surface area contributed by atoms with Gasteiger partial charge in [0.2, 0.25) is 0 Å². The molecule has 0 aliphatic carbocycles. The van der Waals surface area contributed by atoms with Gasteiger partial charge in [-0.3, -0.25) is 4.79 Å². The zero-order chi connectivity index (χ0) is 25.7. The number of hydrogen-bond acceptors (Lipinski definition) is 7. The normalized spacial score (nSPS) is 14.7. The van der Waals surface area contributed by atoms with E-state index < -0.39 is 6.03 Å². The van der Waals surface area contributed by atoms with Crippen LogP contribution < -0.4 is 19.5 Å². The van der Waals surface area contributed by atoms with Crippen molar-refractivity contribution < 1.29 is 23.8 Å². The van der Waals surface area contributed by atoms with Gasteiger partial charge in [-0.05, 0) is 41.3 Å². The summed E-state index contributed by atoms with van der Waals surface area (Å²) in [5.41, 5.74) is 2.20. The molecule has 2 heterocycles. The first kappa shape index (κ1) is 25.1. The third-order valence-corrected chi connectivity index (χ3v) is 6.75. The molecule has 3 aromatic rings. The number of likely N-dealkylation sites (N-methyl/N-ethyl adjacent to an activating group) is 1. The monoisotopic (exact) mass is 508 g/mol. The number of nitrogens with zero attached hydrogens (tertiary/aromatic N) is 3. The molecule has 10 heteroatoms. The molecule has 2 aromatic carbocycles. The van der Waals surface area contributed by atoms with Crippen molar-refractivity contribution in [3.63, 3.8) is 0 Å². The van der Waals surface area contributed by atoms with Crippen molar-refractivity contribution in [3.8, 4) is 17.2 Å². The Morgan fingerprint density at radius 3 is 2.47 bits per heavy atom. The predicted octanol–water partition coefficient (Wildman–Crippen LogP) is 4.62. The van der Waals surface area contributed by atoms with Gasteiger partial charge in [-0.2, -0.15) is 5.10 Å². The molecular formula is C26H28N4O5S. The second-order valence-electron chi connectivity index (χ2n) is 8.08. The largest absolute Gasteiger partial charge is 0.495 e. The number of ether oxygens (including phenoxy) is 3. The summed E-state index contributed by atoms with van der Waals surface area (Å²) in [6.07, 6.45) is 0.541. The first-order valence-corrected chi connectivity index (χ1v) is 12.1. The number of rotatable bonds is 8. The summed E-state index contributed by atoms with van der Waals surface area (Å²) in [5.74, 6) is 1.40. The lowest BCUT2D eigenvalue weighted by atomic mass is 10.0. The summed E-state index contributed by atoms with van der Waals surface area (Å²) in [6.45, 7) is -0.161. The number of carbonyl (C=O) groups excluding carboxylic acids is 2. The van der Waals surface area contributed by atoms with Crippen LogP contribution in [-0.4, -0.2) is 62.5 Å². The van der Waals surface area contributed by atoms with Crippen LogP contribution in [0, 0.1) is 0 Å². The van der Waals surface area contributed by atoms with Crippen LogP contribution in [0.4, 0.5) is 10.5 Å². The Balaban J connectivity index is 1.55. The number of methoxy groups -OCH3 is 3. The Labute approximate surface area is 213 Å². The van der Waals surface area contributed by atoms with Crippen molar-refractivity contribution in [2.24, 2.45) is 5.10 Å². The topological polar surface area (TPSA) is 92.7 Å². The predicted molar refractivity (Wildman–Crippen MR) is 139 cm³/mol. The average Bonchev–Trinajstić information content (AvgIpc) is 3.59. The summed E-state index contributed by atoms with van der Waals surface area (Å²) < 4.78 is 16.1. The van der Waals surface area contributed by atoms with E-state index in [0.717, 1.165) is 16.2 Å². The zero-order valence-electron chi connectivity index (χ0n) is 20.6. The maximum Gasteiger partial charge on any atom is 0.322 e. The summed E-state index contributed by atoms with van der Waals surface area (Å²) in [7, 11) is 6.24. The average molecular weight is 509 g/mol. The minimum absolute atomic E-state index is 0.161. The summed E-state index contributed by atoms with van der Waals surface area (Å²) in [4.78, 5) is 28.6. The second-order valence-corrected chi connectivity index (χ2v) is 9.03. The number of amides is 3. The molecule has 0 unspecified atom stereocenters. The summed E-state index contributed by atoms with van der Waals surface area (Å²) in [5, 5.41) is 10.9. The molecule has 0 bridgehead atoms. The van der Waals surface area contributed by atoms with Crippen molar-refractivity contribution in [2.75, 3.05) is 40.2 Å². The molecule has 0 fully saturated rings. The Kier molecular flexibility index (Phi) is 7.74. The highest BCUT2D eigenvalue weighted by molar-refractivity contribution is 7.12. The van der Waals surface area contributed by atoms with Gasteiger partial charge in [0, 0.05) is 13.5 Å². The molecule has 1 aliphatic heterocycles. The van der Waals surface area contributed by atoms with Gasteiger partial charge in [0.15, 0.2) is 11.5 Å². The lowest BCUT2D eigenvalue weighted by Crippen LogP contribution is -2.41. The number of urea groups is 1. The molecule has 1 atom stereocenters. The minimum atomic E-state index is -0.433. The number of carbonyl (C=O) groups is 2. The van der Waals surface area contributed by atoms with Gasteiger partial charge < -0.3 is 24.4 Å². The van der Waals surface area contributed by atoms with Gasteiger partial charge >= 0.3 is 6.03 Å². The first-order chi connectivity index (χ1) is 17.4. The Bertz CT molecular complexity index is 1260. The maximum atomic E-state index is 13.4. The highest BCUT2D eigenvalue weighted by Crippen LogP contribution is 2.38. The molecular weight excluding hydrogens is 480 g/mol. The first-order valence-electron chi connectivity index (χ1n) is 11.3. The van der Waals surface area contributed by atoms with Crippen LogP contribution in [0.2, 0.25) is 0 Å². The SMILES string of the molecule is COc1ccccc1NC(=O)N(C)CC(=O)N1N=C(c2cccs2)C[C@@H]1c1ccc(OC)c(OC)c1. The van der Waals surface area contributed by atoms with Gasteiger partial charge in [0.05, 0.1) is 43.6 Å². The highest BCUT2D eigenvalue weighted by atomic mass is 32.1. The molecule has 1 aliphatic rings. The fourth-order valence-corrected chi connectivity index (χ4v) is 4.68. The van der Waals surface area contributed by atoms with Crippen molar-refractivity contribution in [1.29, 1.82) is 0 Å². The van der Waals surface area contributed by atoms with E-state index in [-0.39, 0.29) is 18.5 Å². The van der Waals surface area contributed by atoms with E-state index in [0.29, 0.717) is 29.4 Å². The van der Waals surface area contributed by atoms with Gasteiger partial charge in [-0.1, -0.05) is 24.3 Å². The molecule has 0 saturated heterocycles. The number of thiophene rings is 1. The lowest BCUT2D eigenvalue weighted by molar-refractivity contribution is -0.133. The van der Waals surface area contributed by atoms with Crippen LogP contribution >= 0.6 is 11.3 Å².